The third-order valence-corrected chi connectivity index (χ3v) is 4.39. The zero-order valence-electron chi connectivity index (χ0n) is 11.3. The zero-order valence-corrected chi connectivity index (χ0v) is 13.0. The minimum absolute atomic E-state index is 0. The van der Waals surface area contributed by atoms with E-state index in [-0.39, 0.29) is 19.5 Å². The van der Waals surface area contributed by atoms with Gasteiger partial charge in [-0.15, -0.1) is 0 Å². The van der Waals surface area contributed by atoms with E-state index >= 15 is 0 Å². The summed E-state index contributed by atoms with van der Waals surface area (Å²) in [5.74, 6) is 0. The van der Waals surface area contributed by atoms with Crippen molar-refractivity contribution in [2.24, 2.45) is 0 Å². The monoisotopic (exact) mass is 354 g/mol. The van der Waals surface area contributed by atoms with Crippen LogP contribution in [-0.2, 0) is 19.5 Å². The van der Waals surface area contributed by atoms with Crippen LogP contribution in [0.15, 0.2) is 72.8 Å². The van der Waals surface area contributed by atoms with Gasteiger partial charge in [-0.05, 0) is 43.1 Å². The van der Waals surface area contributed by atoms with Crippen LogP contribution in [0.3, 0.4) is 0 Å². The van der Waals surface area contributed by atoms with E-state index in [0.29, 0.717) is 0 Å². The molecular weight excluding hydrogens is 341 g/mol. The molecule has 0 aliphatic rings. The molecule has 0 bridgehead atoms. The van der Waals surface area contributed by atoms with Crippen LogP contribution in [0, 0.1) is 0 Å². The van der Waals surface area contributed by atoms with Gasteiger partial charge in [0.15, 0.2) is 0 Å². The maximum Gasteiger partial charge on any atom is 0 e. The van der Waals surface area contributed by atoms with Gasteiger partial charge in [0.1, 0.15) is 0 Å². The molecule has 21 heavy (non-hydrogen) atoms. The Balaban J connectivity index is 0.00000115. The van der Waals surface area contributed by atoms with Crippen LogP contribution in [0.4, 0.5) is 0 Å². The van der Waals surface area contributed by atoms with Gasteiger partial charge in [0, 0.05) is 19.5 Å². The molecule has 1 heteroatoms. The van der Waals surface area contributed by atoms with Crippen molar-refractivity contribution in [3.8, 4) is 0 Å². The summed E-state index contributed by atoms with van der Waals surface area (Å²) < 4.78 is 0. The summed E-state index contributed by atoms with van der Waals surface area (Å²) in [6.45, 7) is 0. The summed E-state index contributed by atoms with van der Waals surface area (Å²) in [4.78, 5) is 0. The quantitative estimate of drug-likeness (QED) is 0.189. The average molecular weight is 353 g/mol. The fraction of sp³-hybridized carbons (Fsp3) is 0. The summed E-state index contributed by atoms with van der Waals surface area (Å²) in [7, 11) is 0. The first-order chi connectivity index (χ1) is 9.93. The van der Waals surface area contributed by atoms with E-state index in [0.717, 1.165) is 0 Å². The number of benzene rings is 5. The van der Waals surface area contributed by atoms with Crippen molar-refractivity contribution in [3.63, 3.8) is 0 Å². The van der Waals surface area contributed by atoms with Gasteiger partial charge in [0.2, 0.25) is 0 Å². The molecule has 5 rings (SSSR count). The summed E-state index contributed by atoms with van der Waals surface area (Å²) in [6, 6.07) is 26.4. The maximum atomic E-state index is 2.25. The topological polar surface area (TPSA) is 0 Å². The van der Waals surface area contributed by atoms with Crippen molar-refractivity contribution < 1.29 is 19.5 Å². The van der Waals surface area contributed by atoms with Gasteiger partial charge in [-0.1, -0.05) is 72.8 Å². The van der Waals surface area contributed by atoms with E-state index in [1.807, 2.05) is 0 Å². The van der Waals surface area contributed by atoms with Crippen LogP contribution in [0.2, 0.25) is 0 Å². The predicted octanol–water partition coefficient (Wildman–Crippen LogP) is 5.73. The van der Waals surface area contributed by atoms with Gasteiger partial charge in [0.05, 0.1) is 0 Å². The first-order valence-electron chi connectivity index (χ1n) is 6.98. The molecule has 0 aliphatic heterocycles. The van der Waals surface area contributed by atoms with Gasteiger partial charge in [-0.3, -0.25) is 0 Å². The summed E-state index contributed by atoms with van der Waals surface area (Å²) >= 11 is 0. The molecule has 100 valence electrons. The van der Waals surface area contributed by atoms with Gasteiger partial charge in [0.25, 0.3) is 0 Å². The number of rotatable bonds is 0. The van der Waals surface area contributed by atoms with Crippen molar-refractivity contribution in [2.45, 2.75) is 0 Å². The zero-order chi connectivity index (χ0) is 13.1. The number of hydrogen-bond donors (Lipinski definition) is 0. The second kappa shape index (κ2) is 4.51. The molecule has 0 amide bonds. The Bertz CT molecular complexity index is 923. The van der Waals surface area contributed by atoms with E-state index in [9.17, 15) is 0 Å². The Morgan fingerprint density at radius 1 is 0.381 bits per heavy atom. The van der Waals surface area contributed by atoms with E-state index in [1.54, 1.807) is 0 Å². The Kier molecular flexibility index (Phi) is 2.74. The Morgan fingerprint density at radius 3 is 0.952 bits per heavy atom. The molecule has 0 spiro atoms. The smallest absolute Gasteiger partial charge is 0 e. The van der Waals surface area contributed by atoms with Gasteiger partial charge in [-0.25, -0.2) is 0 Å². The van der Waals surface area contributed by atoms with Crippen LogP contribution in [0.25, 0.3) is 43.1 Å². The first-order valence-corrected chi connectivity index (χ1v) is 6.98. The average Bonchev–Trinajstić information content (AvgIpc) is 2.52. The van der Waals surface area contributed by atoms with Crippen LogP contribution >= 0.6 is 0 Å². The SMILES string of the molecule is [Ru].c1cc2cccc3c4cccc5cccc(c(c1)c23)c54. The molecule has 0 nitrogen and oxygen atoms in total. The Labute approximate surface area is 135 Å². The second-order valence-electron chi connectivity index (χ2n) is 5.42. The molecule has 0 aliphatic carbocycles. The predicted molar refractivity (Wildman–Crippen MR) is 87.7 cm³/mol. The molecule has 0 unspecified atom stereocenters. The molecule has 5 aromatic rings. The van der Waals surface area contributed by atoms with Crippen molar-refractivity contribution in [1.29, 1.82) is 0 Å². The van der Waals surface area contributed by atoms with Crippen molar-refractivity contribution in [2.75, 3.05) is 0 Å². The summed E-state index contributed by atoms with van der Waals surface area (Å²) in [5.41, 5.74) is 0. The molecule has 0 aromatic heterocycles. The summed E-state index contributed by atoms with van der Waals surface area (Å²) in [5, 5.41) is 10.9. The minimum Gasteiger partial charge on any atom is -0.0610 e. The van der Waals surface area contributed by atoms with Gasteiger partial charge in [-0.2, -0.15) is 0 Å². The van der Waals surface area contributed by atoms with Gasteiger partial charge < -0.3 is 0 Å². The molecule has 0 saturated carbocycles. The molecule has 0 radical (unpaired) electrons. The summed E-state index contributed by atoms with van der Waals surface area (Å²) in [6.07, 6.45) is 0. The molecule has 0 fully saturated rings. The Hall–Kier alpha value is -1.98. The van der Waals surface area contributed by atoms with E-state index < -0.39 is 0 Å². The van der Waals surface area contributed by atoms with Crippen LogP contribution in [0.5, 0.6) is 0 Å². The molecule has 0 heterocycles. The van der Waals surface area contributed by atoms with Crippen LogP contribution in [0.1, 0.15) is 0 Å². The fourth-order valence-corrected chi connectivity index (χ4v) is 3.58. The van der Waals surface area contributed by atoms with Crippen LogP contribution in [-0.4, -0.2) is 0 Å². The molecular formula is C20H12Ru. The van der Waals surface area contributed by atoms with E-state index in [1.165, 1.54) is 43.1 Å². The Morgan fingerprint density at radius 2 is 0.667 bits per heavy atom. The van der Waals surface area contributed by atoms with Crippen LogP contribution < -0.4 is 0 Å². The molecule has 0 atom stereocenters. The van der Waals surface area contributed by atoms with Crippen molar-refractivity contribution in [3.05, 3.63) is 72.8 Å². The normalized spacial score (nSPS) is 11.4. The molecule has 0 N–H and O–H groups in total. The number of hydrogen-bond acceptors (Lipinski definition) is 0. The maximum absolute atomic E-state index is 2.25. The van der Waals surface area contributed by atoms with Gasteiger partial charge >= 0.3 is 0 Å². The molecule has 5 aromatic carbocycles. The minimum atomic E-state index is 0. The first kappa shape index (κ1) is 12.7. The third-order valence-electron chi connectivity index (χ3n) is 4.39. The largest absolute Gasteiger partial charge is 0.0610 e. The standard InChI is InChI=1S/C20H12.Ru/c1-5-13-6-2-11-17-18-12-4-8-14-7-3-10-16(20(14)18)15(9-1)19(13)17;/h1-12H;. The van der Waals surface area contributed by atoms with E-state index in [2.05, 4.69) is 72.8 Å². The van der Waals surface area contributed by atoms with E-state index in [4.69, 9.17) is 0 Å². The van der Waals surface area contributed by atoms with Crippen molar-refractivity contribution >= 4 is 43.1 Å². The van der Waals surface area contributed by atoms with Crippen molar-refractivity contribution in [1.82, 2.24) is 0 Å². The fourth-order valence-electron chi connectivity index (χ4n) is 3.58. The molecule has 0 saturated heterocycles. The third kappa shape index (κ3) is 1.59. The second-order valence-corrected chi connectivity index (χ2v) is 5.42. The number of fused-ring (bicyclic) bond motifs is 2.